The molecule has 0 amide bonds. The molecule has 0 saturated heterocycles. The van der Waals surface area contributed by atoms with Gasteiger partial charge in [-0.3, -0.25) is 0 Å². The smallest absolute Gasteiger partial charge is 0.490 e. The predicted octanol–water partition coefficient (Wildman–Crippen LogP) is 3.08. The fraction of sp³-hybridized carbons (Fsp3) is 0.538. The summed E-state index contributed by atoms with van der Waals surface area (Å²) in [5, 5.41) is 0. The fourth-order valence-corrected chi connectivity index (χ4v) is 2.41. The Kier molecular flexibility index (Phi) is 4.40. The summed E-state index contributed by atoms with van der Waals surface area (Å²) in [4.78, 5) is 0. The molecule has 1 aliphatic rings. The highest BCUT2D eigenvalue weighted by atomic mass is 19.4. The zero-order valence-corrected chi connectivity index (χ0v) is 10.8. The van der Waals surface area contributed by atoms with Crippen LogP contribution in [0, 0.1) is 0 Å². The second-order valence-corrected chi connectivity index (χ2v) is 4.91. The standard InChI is InChI=1S/C13H17BF3O2/c1-18-11-5-3-7-13(9-11)19-12-6-2-4-10(8-12)14(15,16)17/h2,4,6,8,11,13H,3,5,7,9H2,1H3/q-1. The Morgan fingerprint density at radius 3 is 2.58 bits per heavy atom. The van der Waals surface area contributed by atoms with E-state index >= 15 is 0 Å². The Morgan fingerprint density at radius 2 is 1.89 bits per heavy atom. The molecule has 0 aromatic heterocycles. The van der Waals surface area contributed by atoms with Crippen LogP contribution < -0.4 is 10.2 Å². The normalized spacial score (nSPS) is 24.2. The van der Waals surface area contributed by atoms with E-state index in [9.17, 15) is 12.9 Å². The second kappa shape index (κ2) is 5.86. The third-order valence-corrected chi connectivity index (χ3v) is 3.45. The molecule has 6 heteroatoms. The molecule has 1 aromatic carbocycles. The molecule has 0 aliphatic heterocycles. The third kappa shape index (κ3) is 3.90. The number of benzene rings is 1. The van der Waals surface area contributed by atoms with Gasteiger partial charge < -0.3 is 22.4 Å². The summed E-state index contributed by atoms with van der Waals surface area (Å²) in [6, 6.07) is 5.11. The Labute approximate surface area is 111 Å². The van der Waals surface area contributed by atoms with Crippen molar-refractivity contribution in [2.45, 2.75) is 37.9 Å². The monoisotopic (exact) mass is 273 g/mol. The van der Waals surface area contributed by atoms with Crippen LogP contribution in [-0.2, 0) is 4.74 Å². The van der Waals surface area contributed by atoms with Crippen molar-refractivity contribution >= 4 is 12.4 Å². The fourth-order valence-electron chi connectivity index (χ4n) is 2.41. The van der Waals surface area contributed by atoms with E-state index in [0.29, 0.717) is 5.75 Å². The highest BCUT2D eigenvalue weighted by molar-refractivity contribution is 6.73. The van der Waals surface area contributed by atoms with Gasteiger partial charge in [0.2, 0.25) is 0 Å². The van der Waals surface area contributed by atoms with Crippen molar-refractivity contribution in [3.63, 3.8) is 0 Å². The minimum absolute atomic E-state index is 0.0605. The van der Waals surface area contributed by atoms with Crippen LogP contribution in [0.2, 0.25) is 0 Å². The maximum atomic E-state index is 12.7. The van der Waals surface area contributed by atoms with Crippen LogP contribution in [-0.4, -0.2) is 26.3 Å². The van der Waals surface area contributed by atoms with Crippen molar-refractivity contribution in [3.8, 4) is 5.75 Å². The summed E-state index contributed by atoms with van der Waals surface area (Å²) in [6.45, 7) is -4.97. The summed E-state index contributed by atoms with van der Waals surface area (Å²) in [7, 11) is 1.65. The van der Waals surface area contributed by atoms with Crippen molar-refractivity contribution in [1.29, 1.82) is 0 Å². The molecule has 1 fully saturated rings. The summed E-state index contributed by atoms with van der Waals surface area (Å²) >= 11 is 0. The molecule has 2 atom stereocenters. The lowest BCUT2D eigenvalue weighted by atomic mass is 9.80. The summed E-state index contributed by atoms with van der Waals surface area (Å²) < 4.78 is 48.9. The van der Waals surface area contributed by atoms with E-state index in [4.69, 9.17) is 9.47 Å². The summed E-state index contributed by atoms with van der Waals surface area (Å²) in [5.74, 6) is 0.290. The van der Waals surface area contributed by atoms with Gasteiger partial charge in [-0.15, -0.1) is 5.46 Å². The average molecular weight is 273 g/mol. The van der Waals surface area contributed by atoms with Crippen LogP contribution in [0.5, 0.6) is 5.75 Å². The molecule has 2 rings (SSSR count). The SMILES string of the molecule is COC1CCCC(Oc2cccc([B-](F)(F)F)c2)C1. The lowest BCUT2D eigenvalue weighted by Crippen LogP contribution is -2.34. The largest absolute Gasteiger partial charge is 0.509 e. The van der Waals surface area contributed by atoms with Crippen LogP contribution in [0.25, 0.3) is 0 Å². The number of ether oxygens (including phenoxy) is 2. The molecule has 0 bridgehead atoms. The minimum atomic E-state index is -4.97. The molecule has 19 heavy (non-hydrogen) atoms. The van der Waals surface area contributed by atoms with Gasteiger partial charge >= 0.3 is 6.98 Å². The molecule has 2 nitrogen and oxygen atoms in total. The van der Waals surface area contributed by atoms with Crippen LogP contribution in [0.15, 0.2) is 24.3 Å². The van der Waals surface area contributed by atoms with E-state index < -0.39 is 12.4 Å². The van der Waals surface area contributed by atoms with Crippen molar-refractivity contribution < 1.29 is 22.4 Å². The van der Waals surface area contributed by atoms with E-state index in [0.717, 1.165) is 37.8 Å². The summed E-state index contributed by atoms with van der Waals surface area (Å²) in [6.07, 6.45) is 3.65. The summed E-state index contributed by atoms with van der Waals surface area (Å²) in [5.41, 5.74) is -0.614. The molecule has 2 unspecified atom stereocenters. The molecule has 0 heterocycles. The van der Waals surface area contributed by atoms with Crippen LogP contribution in [0.4, 0.5) is 12.9 Å². The van der Waals surface area contributed by atoms with Crippen LogP contribution >= 0.6 is 0 Å². The topological polar surface area (TPSA) is 18.5 Å². The first kappa shape index (κ1) is 14.2. The van der Waals surface area contributed by atoms with Gasteiger partial charge in [-0.1, -0.05) is 12.1 Å². The lowest BCUT2D eigenvalue weighted by molar-refractivity contribution is 0.0210. The number of hydrogen-bond donors (Lipinski definition) is 0. The Balaban J connectivity index is 2.03. The van der Waals surface area contributed by atoms with Gasteiger partial charge in [0.1, 0.15) is 11.9 Å². The first-order valence-corrected chi connectivity index (χ1v) is 6.48. The maximum absolute atomic E-state index is 12.7. The van der Waals surface area contributed by atoms with E-state index in [-0.39, 0.29) is 12.2 Å². The molecular weight excluding hydrogens is 256 g/mol. The van der Waals surface area contributed by atoms with E-state index in [2.05, 4.69) is 0 Å². The maximum Gasteiger partial charge on any atom is 0.509 e. The lowest BCUT2D eigenvalue weighted by Gasteiger charge is -2.29. The van der Waals surface area contributed by atoms with Gasteiger partial charge in [-0.2, -0.15) is 0 Å². The van der Waals surface area contributed by atoms with Crippen molar-refractivity contribution in [2.75, 3.05) is 7.11 Å². The number of rotatable bonds is 4. The van der Waals surface area contributed by atoms with E-state index in [1.54, 1.807) is 13.2 Å². The molecular formula is C13H17BF3O2-. The molecule has 106 valence electrons. The zero-order valence-electron chi connectivity index (χ0n) is 10.8. The van der Waals surface area contributed by atoms with Gasteiger partial charge in [-0.25, -0.2) is 0 Å². The molecule has 1 aromatic rings. The molecule has 0 radical (unpaired) electrons. The first-order chi connectivity index (χ1) is 8.99. The van der Waals surface area contributed by atoms with Gasteiger partial charge in [0.25, 0.3) is 0 Å². The molecule has 1 saturated carbocycles. The van der Waals surface area contributed by atoms with Gasteiger partial charge in [0.15, 0.2) is 0 Å². The quantitative estimate of drug-likeness (QED) is 0.785. The van der Waals surface area contributed by atoms with E-state index in [1.807, 2.05) is 0 Å². The Bertz CT molecular complexity index is 423. The first-order valence-electron chi connectivity index (χ1n) is 6.48. The van der Waals surface area contributed by atoms with Crippen molar-refractivity contribution in [1.82, 2.24) is 0 Å². The predicted molar refractivity (Wildman–Crippen MR) is 68.8 cm³/mol. The van der Waals surface area contributed by atoms with E-state index in [1.165, 1.54) is 6.07 Å². The highest BCUT2D eigenvalue weighted by Gasteiger charge is 2.27. The molecule has 1 aliphatic carbocycles. The molecule has 0 spiro atoms. The number of halogens is 3. The van der Waals surface area contributed by atoms with Gasteiger partial charge in [0, 0.05) is 13.5 Å². The Hall–Kier alpha value is -1.17. The average Bonchev–Trinajstić information content (AvgIpc) is 2.38. The van der Waals surface area contributed by atoms with Gasteiger partial charge in [-0.05, 0) is 31.4 Å². The zero-order chi connectivity index (χ0) is 13.9. The van der Waals surface area contributed by atoms with Crippen LogP contribution in [0.1, 0.15) is 25.7 Å². The number of methoxy groups -OCH3 is 1. The second-order valence-electron chi connectivity index (χ2n) is 4.91. The Morgan fingerprint density at radius 1 is 1.16 bits per heavy atom. The molecule has 0 N–H and O–H groups in total. The van der Waals surface area contributed by atoms with Gasteiger partial charge in [0.05, 0.1) is 6.10 Å². The highest BCUT2D eigenvalue weighted by Crippen LogP contribution is 2.25. The third-order valence-electron chi connectivity index (χ3n) is 3.45. The van der Waals surface area contributed by atoms with Crippen molar-refractivity contribution in [2.24, 2.45) is 0 Å². The van der Waals surface area contributed by atoms with Crippen molar-refractivity contribution in [3.05, 3.63) is 24.3 Å². The van der Waals surface area contributed by atoms with Crippen LogP contribution in [0.3, 0.4) is 0 Å². The minimum Gasteiger partial charge on any atom is -0.490 e. The number of hydrogen-bond acceptors (Lipinski definition) is 2.